The standard InChI is InChI=1S/C18H20N3O7P/c1-4-27-29(26,28-5-2)11(3)20-15-10-14(21(24)25)12-8-6-7-9-13(12)16(15)19-17(22)18(20)23/h6-11H,4-5H2,1-3H3,(H,19,22). The molecule has 3 aromatic rings. The summed E-state index contributed by atoms with van der Waals surface area (Å²) in [5, 5.41) is 12.3. The first-order valence-electron chi connectivity index (χ1n) is 8.98. The van der Waals surface area contributed by atoms with Crippen molar-refractivity contribution in [2.45, 2.75) is 26.6 Å². The van der Waals surface area contributed by atoms with Gasteiger partial charge in [0.2, 0.25) is 0 Å². The highest BCUT2D eigenvalue weighted by molar-refractivity contribution is 7.53. The van der Waals surface area contributed by atoms with E-state index >= 15 is 0 Å². The van der Waals surface area contributed by atoms with Gasteiger partial charge in [0, 0.05) is 11.5 Å². The van der Waals surface area contributed by atoms with Crippen LogP contribution in [0.15, 0.2) is 39.9 Å². The second-order valence-corrected chi connectivity index (χ2v) is 8.57. The minimum Gasteiger partial charge on any atom is -0.315 e. The van der Waals surface area contributed by atoms with E-state index in [-0.39, 0.29) is 29.9 Å². The molecule has 10 nitrogen and oxygen atoms in total. The summed E-state index contributed by atoms with van der Waals surface area (Å²) in [5.41, 5.74) is -1.91. The summed E-state index contributed by atoms with van der Waals surface area (Å²) in [5.74, 6) is -1.18. The number of aromatic amines is 1. The molecule has 0 fully saturated rings. The molecule has 154 valence electrons. The van der Waals surface area contributed by atoms with Gasteiger partial charge in [-0.25, -0.2) is 0 Å². The number of nitro benzene ring substituents is 1. The average molecular weight is 421 g/mol. The van der Waals surface area contributed by atoms with Crippen LogP contribution in [0, 0.1) is 10.1 Å². The molecule has 1 aromatic heterocycles. The summed E-state index contributed by atoms with van der Waals surface area (Å²) in [4.78, 5) is 38.6. The topological polar surface area (TPSA) is 134 Å². The zero-order chi connectivity index (χ0) is 21.3. The van der Waals surface area contributed by atoms with Crippen LogP contribution >= 0.6 is 7.60 Å². The second kappa shape index (κ2) is 7.90. The summed E-state index contributed by atoms with van der Waals surface area (Å²) in [6.07, 6.45) is 0. The highest BCUT2D eigenvalue weighted by Crippen LogP contribution is 2.58. The molecule has 0 aliphatic heterocycles. The molecule has 0 amide bonds. The van der Waals surface area contributed by atoms with E-state index in [1.165, 1.54) is 13.0 Å². The minimum atomic E-state index is -3.84. The number of nitrogens with one attached hydrogen (secondary N) is 1. The third-order valence-corrected chi connectivity index (χ3v) is 6.94. The fourth-order valence-electron chi connectivity index (χ4n) is 3.33. The zero-order valence-electron chi connectivity index (χ0n) is 16.1. The van der Waals surface area contributed by atoms with Crippen LogP contribution in [0.1, 0.15) is 26.6 Å². The van der Waals surface area contributed by atoms with Crippen LogP contribution in [0.3, 0.4) is 0 Å². The Labute approximate surface area is 164 Å². The van der Waals surface area contributed by atoms with Gasteiger partial charge in [-0.1, -0.05) is 18.2 Å². The Morgan fingerprint density at radius 2 is 1.76 bits per heavy atom. The monoisotopic (exact) mass is 421 g/mol. The molecule has 0 radical (unpaired) electrons. The van der Waals surface area contributed by atoms with Crippen LogP contribution in [-0.4, -0.2) is 27.7 Å². The van der Waals surface area contributed by atoms with Gasteiger partial charge in [-0.3, -0.25) is 28.8 Å². The van der Waals surface area contributed by atoms with Crippen molar-refractivity contribution in [1.29, 1.82) is 0 Å². The Morgan fingerprint density at radius 1 is 1.17 bits per heavy atom. The van der Waals surface area contributed by atoms with Gasteiger partial charge in [0.05, 0.1) is 34.6 Å². The van der Waals surface area contributed by atoms with Gasteiger partial charge in [-0.2, -0.15) is 0 Å². The molecule has 1 N–H and O–H groups in total. The molecule has 0 aliphatic rings. The lowest BCUT2D eigenvalue weighted by molar-refractivity contribution is -0.383. The number of H-pyrrole nitrogens is 1. The zero-order valence-corrected chi connectivity index (χ0v) is 17.0. The molecular formula is C18H20N3O7P. The van der Waals surface area contributed by atoms with Gasteiger partial charge >= 0.3 is 18.7 Å². The van der Waals surface area contributed by atoms with Gasteiger partial charge in [0.15, 0.2) is 0 Å². The largest absolute Gasteiger partial charge is 0.353 e. The molecule has 3 rings (SSSR count). The number of nitrogens with zero attached hydrogens (tertiary/aromatic N) is 2. The Kier molecular flexibility index (Phi) is 5.70. The maximum Gasteiger partial charge on any atom is 0.353 e. The number of hydrogen-bond acceptors (Lipinski definition) is 7. The van der Waals surface area contributed by atoms with E-state index in [9.17, 15) is 24.3 Å². The van der Waals surface area contributed by atoms with Gasteiger partial charge < -0.3 is 14.0 Å². The predicted octanol–water partition coefficient (Wildman–Crippen LogP) is 3.54. The van der Waals surface area contributed by atoms with Crippen LogP contribution in [-0.2, 0) is 13.6 Å². The van der Waals surface area contributed by atoms with Crippen LogP contribution in [0.5, 0.6) is 0 Å². The lowest BCUT2D eigenvalue weighted by Gasteiger charge is -2.25. The van der Waals surface area contributed by atoms with Gasteiger partial charge in [-0.15, -0.1) is 0 Å². The summed E-state index contributed by atoms with van der Waals surface area (Å²) in [6.45, 7) is 4.78. The third-order valence-electron chi connectivity index (χ3n) is 4.56. The molecule has 1 unspecified atom stereocenters. The number of non-ortho nitro benzene ring substituents is 1. The summed E-state index contributed by atoms with van der Waals surface area (Å²) in [6, 6.07) is 7.64. The molecule has 0 bridgehead atoms. The molecule has 0 aliphatic carbocycles. The highest BCUT2D eigenvalue weighted by atomic mass is 31.2. The van der Waals surface area contributed by atoms with E-state index in [4.69, 9.17) is 9.05 Å². The third kappa shape index (κ3) is 3.50. The van der Waals surface area contributed by atoms with Crippen molar-refractivity contribution in [1.82, 2.24) is 9.55 Å². The lowest BCUT2D eigenvalue weighted by Crippen LogP contribution is -2.38. The van der Waals surface area contributed by atoms with Crippen LogP contribution in [0.4, 0.5) is 5.69 Å². The van der Waals surface area contributed by atoms with Crippen molar-refractivity contribution in [2.24, 2.45) is 0 Å². The van der Waals surface area contributed by atoms with Crippen LogP contribution in [0.2, 0.25) is 0 Å². The van der Waals surface area contributed by atoms with Crippen molar-refractivity contribution in [2.75, 3.05) is 13.2 Å². The molecular weight excluding hydrogens is 401 g/mol. The molecule has 0 saturated carbocycles. The number of aromatic nitrogens is 2. The molecule has 0 spiro atoms. The van der Waals surface area contributed by atoms with Crippen molar-refractivity contribution in [3.05, 3.63) is 61.2 Å². The van der Waals surface area contributed by atoms with Crippen molar-refractivity contribution < 1.29 is 18.5 Å². The van der Waals surface area contributed by atoms with E-state index in [2.05, 4.69) is 4.98 Å². The molecule has 1 heterocycles. The number of fused-ring (bicyclic) bond motifs is 3. The van der Waals surface area contributed by atoms with E-state index in [1.807, 2.05) is 0 Å². The fourth-order valence-corrected chi connectivity index (χ4v) is 5.06. The Hall–Kier alpha value is -2.81. The van der Waals surface area contributed by atoms with Crippen LogP contribution in [0.25, 0.3) is 21.8 Å². The SMILES string of the molecule is CCOP(=O)(OCC)C(C)n1c(=O)c(=O)[nH]c2c3ccccc3c([N+](=O)[O-])cc21. The number of rotatable bonds is 7. The van der Waals surface area contributed by atoms with E-state index in [0.717, 1.165) is 4.57 Å². The predicted molar refractivity (Wildman–Crippen MR) is 109 cm³/mol. The highest BCUT2D eigenvalue weighted by Gasteiger charge is 2.36. The Bertz CT molecular complexity index is 1250. The number of benzene rings is 2. The van der Waals surface area contributed by atoms with E-state index in [0.29, 0.717) is 10.8 Å². The normalized spacial score (nSPS) is 13.1. The van der Waals surface area contributed by atoms with E-state index in [1.54, 1.807) is 38.1 Å². The Balaban J connectivity index is 2.48. The van der Waals surface area contributed by atoms with Crippen molar-refractivity contribution in [3.63, 3.8) is 0 Å². The minimum absolute atomic E-state index is 0.0561. The van der Waals surface area contributed by atoms with Crippen molar-refractivity contribution >= 4 is 35.1 Å². The first-order chi connectivity index (χ1) is 13.7. The van der Waals surface area contributed by atoms with Gasteiger partial charge in [0.25, 0.3) is 5.69 Å². The molecule has 1 atom stereocenters. The molecule has 11 heteroatoms. The summed E-state index contributed by atoms with van der Waals surface area (Å²) >= 11 is 0. The van der Waals surface area contributed by atoms with Gasteiger partial charge in [-0.05, 0) is 26.8 Å². The maximum atomic E-state index is 13.3. The first kappa shape index (κ1) is 20.9. The van der Waals surface area contributed by atoms with Crippen LogP contribution < -0.4 is 11.1 Å². The summed E-state index contributed by atoms with van der Waals surface area (Å²) in [7, 11) is -3.84. The average Bonchev–Trinajstić information content (AvgIpc) is 2.68. The molecule has 29 heavy (non-hydrogen) atoms. The van der Waals surface area contributed by atoms with Crippen molar-refractivity contribution in [3.8, 4) is 0 Å². The quantitative estimate of drug-likeness (QED) is 0.203. The second-order valence-electron chi connectivity index (χ2n) is 6.23. The fraction of sp³-hybridized carbons (Fsp3) is 0.333. The first-order valence-corrected chi connectivity index (χ1v) is 10.6. The number of nitro groups is 1. The lowest BCUT2D eigenvalue weighted by atomic mass is 10.1. The van der Waals surface area contributed by atoms with E-state index < -0.39 is 29.4 Å². The molecule has 2 aromatic carbocycles. The summed E-state index contributed by atoms with van der Waals surface area (Å²) < 4.78 is 24.9. The maximum absolute atomic E-state index is 13.3. The number of hydrogen-bond donors (Lipinski definition) is 1. The molecule has 0 saturated heterocycles. The van der Waals surface area contributed by atoms with Gasteiger partial charge in [0.1, 0.15) is 5.78 Å². The Morgan fingerprint density at radius 3 is 2.31 bits per heavy atom. The smallest absolute Gasteiger partial charge is 0.315 e.